The van der Waals surface area contributed by atoms with Gasteiger partial charge in [0.2, 0.25) is 0 Å². The van der Waals surface area contributed by atoms with Gasteiger partial charge in [-0.3, -0.25) is 19.1 Å². The minimum Gasteiger partial charge on any atom is -0.497 e. The molecule has 3 heterocycles. The van der Waals surface area contributed by atoms with Gasteiger partial charge in [-0.2, -0.15) is 5.26 Å². The van der Waals surface area contributed by atoms with E-state index in [4.69, 9.17) is 17.0 Å². The van der Waals surface area contributed by atoms with Crippen molar-refractivity contribution in [2.45, 2.75) is 59.0 Å². The molecule has 37 heavy (non-hydrogen) atoms. The standard InChI is InChI=1S/C28H32N4O3S2/c1-4-5-15-31-25(30-13-7-6-8-14-30)22(19(2)23(17-29)26(31)33)16-24-27(34)32(28(36)37-24)18-20-9-11-21(35-3)12-10-20/h9-12,16H,4-8,13-15,18H2,1-3H3/b24-16-. The summed E-state index contributed by atoms with van der Waals surface area (Å²) in [5, 5.41) is 9.87. The number of ether oxygens (including phenoxy) is 1. The highest BCUT2D eigenvalue weighted by Crippen LogP contribution is 2.37. The summed E-state index contributed by atoms with van der Waals surface area (Å²) in [5.74, 6) is 1.40. The summed E-state index contributed by atoms with van der Waals surface area (Å²) in [4.78, 5) is 31.2. The third kappa shape index (κ3) is 5.60. The monoisotopic (exact) mass is 536 g/mol. The molecule has 194 valence electrons. The van der Waals surface area contributed by atoms with E-state index >= 15 is 0 Å². The lowest BCUT2D eigenvalue weighted by molar-refractivity contribution is -0.122. The molecule has 0 radical (unpaired) electrons. The van der Waals surface area contributed by atoms with Gasteiger partial charge in [-0.15, -0.1) is 0 Å². The Labute approximate surface area is 227 Å². The number of hydrogen-bond donors (Lipinski definition) is 0. The van der Waals surface area contributed by atoms with Crippen molar-refractivity contribution in [2.24, 2.45) is 0 Å². The van der Waals surface area contributed by atoms with E-state index in [1.807, 2.05) is 37.3 Å². The maximum absolute atomic E-state index is 13.5. The van der Waals surface area contributed by atoms with E-state index in [0.717, 1.165) is 67.9 Å². The van der Waals surface area contributed by atoms with Crippen LogP contribution in [0.4, 0.5) is 5.82 Å². The zero-order valence-electron chi connectivity index (χ0n) is 21.6. The van der Waals surface area contributed by atoms with Crippen molar-refractivity contribution in [1.82, 2.24) is 9.47 Å². The van der Waals surface area contributed by atoms with E-state index in [1.54, 1.807) is 16.6 Å². The average Bonchev–Trinajstić information content (AvgIpc) is 3.18. The fourth-order valence-electron chi connectivity index (χ4n) is 4.80. The van der Waals surface area contributed by atoms with Crippen LogP contribution < -0.4 is 15.2 Å². The number of methoxy groups -OCH3 is 1. The lowest BCUT2D eigenvalue weighted by Gasteiger charge is -2.33. The van der Waals surface area contributed by atoms with Crippen molar-refractivity contribution < 1.29 is 9.53 Å². The number of carbonyl (C=O) groups is 1. The molecule has 0 N–H and O–H groups in total. The van der Waals surface area contributed by atoms with Gasteiger partial charge in [0.15, 0.2) is 0 Å². The van der Waals surface area contributed by atoms with E-state index in [-0.39, 0.29) is 17.0 Å². The Balaban J connectivity index is 1.78. The van der Waals surface area contributed by atoms with Crippen LogP contribution in [-0.2, 0) is 17.9 Å². The molecular weight excluding hydrogens is 504 g/mol. The van der Waals surface area contributed by atoms with Crippen molar-refractivity contribution in [1.29, 1.82) is 5.26 Å². The highest BCUT2D eigenvalue weighted by Gasteiger charge is 2.33. The molecule has 2 saturated heterocycles. The first kappa shape index (κ1) is 27.0. The summed E-state index contributed by atoms with van der Waals surface area (Å²) in [5.41, 5.74) is 2.21. The van der Waals surface area contributed by atoms with Gasteiger partial charge >= 0.3 is 0 Å². The molecule has 0 atom stereocenters. The number of hydrogen-bond acceptors (Lipinski definition) is 7. The second kappa shape index (κ2) is 12.0. The summed E-state index contributed by atoms with van der Waals surface area (Å²) >= 11 is 6.85. The number of thioether (sulfide) groups is 1. The molecule has 1 amide bonds. The van der Waals surface area contributed by atoms with Crippen molar-refractivity contribution in [3.05, 3.63) is 61.8 Å². The van der Waals surface area contributed by atoms with Gasteiger partial charge in [0, 0.05) is 25.2 Å². The van der Waals surface area contributed by atoms with Gasteiger partial charge in [-0.1, -0.05) is 49.5 Å². The van der Waals surface area contributed by atoms with Crippen LogP contribution in [0.2, 0.25) is 0 Å². The van der Waals surface area contributed by atoms with Crippen LogP contribution in [0.5, 0.6) is 5.75 Å². The molecule has 2 aliphatic heterocycles. The van der Waals surface area contributed by atoms with Crippen molar-refractivity contribution >= 4 is 46.1 Å². The number of carbonyl (C=O) groups excluding carboxylic acids is 1. The van der Waals surface area contributed by atoms with Crippen LogP contribution in [0.3, 0.4) is 0 Å². The van der Waals surface area contributed by atoms with Crippen LogP contribution in [0, 0.1) is 18.3 Å². The van der Waals surface area contributed by atoms with E-state index in [2.05, 4.69) is 17.9 Å². The Morgan fingerprint density at radius 3 is 2.49 bits per heavy atom. The van der Waals surface area contributed by atoms with Gasteiger partial charge in [0.05, 0.1) is 18.6 Å². The molecule has 0 aliphatic carbocycles. The van der Waals surface area contributed by atoms with Crippen LogP contribution >= 0.6 is 24.0 Å². The minimum absolute atomic E-state index is 0.136. The first-order chi connectivity index (χ1) is 17.9. The Morgan fingerprint density at radius 2 is 1.86 bits per heavy atom. The summed E-state index contributed by atoms with van der Waals surface area (Å²) in [7, 11) is 1.62. The Hall–Kier alpha value is -3.09. The Bertz CT molecular complexity index is 1320. The zero-order chi connectivity index (χ0) is 26.5. The largest absolute Gasteiger partial charge is 0.497 e. The molecule has 2 aliphatic rings. The van der Waals surface area contributed by atoms with Gasteiger partial charge < -0.3 is 9.64 Å². The smallest absolute Gasteiger partial charge is 0.270 e. The molecule has 9 heteroatoms. The van der Waals surface area contributed by atoms with E-state index < -0.39 is 0 Å². The van der Waals surface area contributed by atoms with E-state index in [1.165, 1.54) is 11.8 Å². The molecule has 0 bridgehead atoms. The molecular formula is C28H32N4O3S2. The van der Waals surface area contributed by atoms with Crippen LogP contribution in [0.25, 0.3) is 6.08 Å². The fourth-order valence-corrected chi connectivity index (χ4v) is 6.03. The molecule has 0 saturated carbocycles. The third-order valence-electron chi connectivity index (χ3n) is 6.89. The molecule has 1 aromatic carbocycles. The molecule has 0 spiro atoms. The number of nitrogens with zero attached hydrogens (tertiary/aromatic N) is 4. The fraction of sp³-hybridized carbons (Fsp3) is 0.429. The minimum atomic E-state index is -0.252. The quantitative estimate of drug-likeness (QED) is 0.338. The number of unbranched alkanes of at least 4 members (excludes halogenated alkanes) is 1. The molecule has 2 aromatic rings. The number of piperidine rings is 1. The topological polar surface area (TPSA) is 78.6 Å². The zero-order valence-corrected chi connectivity index (χ0v) is 23.2. The molecule has 4 rings (SSSR count). The molecule has 2 fully saturated rings. The van der Waals surface area contributed by atoms with Crippen molar-refractivity contribution in [3.63, 3.8) is 0 Å². The van der Waals surface area contributed by atoms with Gasteiger partial charge in [-0.05, 0) is 61.9 Å². The normalized spacial score (nSPS) is 17.0. The number of amides is 1. The van der Waals surface area contributed by atoms with E-state index in [9.17, 15) is 14.9 Å². The predicted octanol–water partition coefficient (Wildman–Crippen LogP) is 5.23. The SMILES string of the molecule is CCCCn1c(N2CCCCC2)c(/C=C2\SC(=S)N(Cc3ccc(OC)cc3)C2=O)c(C)c(C#N)c1=O. The average molecular weight is 537 g/mol. The predicted molar refractivity (Wildman–Crippen MR) is 153 cm³/mol. The maximum Gasteiger partial charge on any atom is 0.270 e. The summed E-state index contributed by atoms with van der Waals surface area (Å²) in [6, 6.07) is 9.69. The molecule has 7 nitrogen and oxygen atoms in total. The van der Waals surface area contributed by atoms with Crippen LogP contribution in [0.1, 0.15) is 61.3 Å². The number of thiocarbonyl (C=S) groups is 1. The van der Waals surface area contributed by atoms with Crippen molar-refractivity contribution in [2.75, 3.05) is 25.1 Å². The van der Waals surface area contributed by atoms with Gasteiger partial charge in [0.25, 0.3) is 11.5 Å². The number of pyridine rings is 1. The summed E-state index contributed by atoms with van der Waals surface area (Å²) in [6.45, 7) is 6.48. The molecule has 0 unspecified atom stereocenters. The number of benzene rings is 1. The lowest BCUT2D eigenvalue weighted by Crippen LogP contribution is -2.37. The number of aromatic nitrogens is 1. The summed E-state index contributed by atoms with van der Waals surface area (Å²) in [6.07, 6.45) is 6.85. The highest BCUT2D eigenvalue weighted by atomic mass is 32.2. The lowest BCUT2D eigenvalue weighted by atomic mass is 10.0. The highest BCUT2D eigenvalue weighted by molar-refractivity contribution is 8.26. The molecule has 1 aromatic heterocycles. The second-order valence-electron chi connectivity index (χ2n) is 9.32. The second-order valence-corrected chi connectivity index (χ2v) is 11.0. The maximum atomic E-state index is 13.5. The van der Waals surface area contributed by atoms with Crippen LogP contribution in [0.15, 0.2) is 34.0 Å². The Morgan fingerprint density at radius 1 is 1.16 bits per heavy atom. The Kier molecular flexibility index (Phi) is 8.72. The first-order valence-electron chi connectivity index (χ1n) is 12.7. The third-order valence-corrected chi connectivity index (χ3v) is 8.26. The number of nitriles is 1. The first-order valence-corrected chi connectivity index (χ1v) is 13.9. The van der Waals surface area contributed by atoms with Gasteiger partial charge in [-0.25, -0.2) is 0 Å². The van der Waals surface area contributed by atoms with Crippen LogP contribution in [-0.4, -0.2) is 39.9 Å². The number of rotatable bonds is 8. The van der Waals surface area contributed by atoms with Gasteiger partial charge in [0.1, 0.15) is 27.5 Å². The van der Waals surface area contributed by atoms with E-state index in [0.29, 0.717) is 27.9 Å². The number of anilines is 1. The van der Waals surface area contributed by atoms with Crippen molar-refractivity contribution in [3.8, 4) is 11.8 Å². The summed E-state index contributed by atoms with van der Waals surface area (Å²) < 4.78 is 7.47.